The molecule has 83 heavy (non-hydrogen) atoms. The van der Waals surface area contributed by atoms with Crippen molar-refractivity contribution in [3.05, 3.63) is 296 Å². The predicted octanol–water partition coefficient (Wildman–Crippen LogP) is 19.2. The van der Waals surface area contributed by atoms with Gasteiger partial charge in [0.25, 0.3) is 6.33 Å². The number of ether oxygens (including phenoxy) is 1. The largest absolute Gasteiger partial charge is 0.510 e. The van der Waals surface area contributed by atoms with Gasteiger partial charge in [0.2, 0.25) is 0 Å². The summed E-state index contributed by atoms with van der Waals surface area (Å²) in [4.78, 5) is 4.69. The molecule has 0 aliphatic rings. The molecule has 0 saturated heterocycles. The van der Waals surface area contributed by atoms with Gasteiger partial charge in [-0.2, -0.15) is 18.2 Å². The topological polar surface area (TPSA) is 35.9 Å². The minimum absolute atomic E-state index is 0. The normalized spacial score (nSPS) is 16.1. The van der Waals surface area contributed by atoms with Crippen LogP contribution in [0, 0.1) is 25.3 Å². The Bertz CT molecular complexity index is 6050. The fourth-order valence-corrected chi connectivity index (χ4v) is 10.1. The fraction of sp³-hybridized carbons (Fsp3) is 0.0649. The van der Waals surface area contributed by atoms with Crippen LogP contribution in [0.1, 0.15) is 67.5 Å². The van der Waals surface area contributed by atoms with E-state index in [1.165, 1.54) is 18.3 Å². The van der Waals surface area contributed by atoms with Gasteiger partial charge < -0.3 is 13.9 Å². The van der Waals surface area contributed by atoms with E-state index in [-0.39, 0.29) is 88.7 Å². The first-order valence-electron chi connectivity index (χ1n) is 38.8. The molecule has 402 valence electrons. The third-order valence-corrected chi connectivity index (χ3v) is 13.9. The van der Waals surface area contributed by atoms with Gasteiger partial charge >= 0.3 is 0 Å². The summed E-state index contributed by atoms with van der Waals surface area (Å²) in [5.74, 6) is 0.336. The summed E-state index contributed by atoms with van der Waals surface area (Å²) in [5, 5.41) is 1.36. The van der Waals surface area contributed by atoms with Gasteiger partial charge in [0.1, 0.15) is 5.82 Å². The summed E-state index contributed by atoms with van der Waals surface area (Å²) >= 11 is 0. The van der Waals surface area contributed by atoms with Crippen molar-refractivity contribution in [2.75, 3.05) is 0 Å². The van der Waals surface area contributed by atoms with Crippen molar-refractivity contribution in [3.8, 4) is 95.5 Å². The molecule has 0 saturated carbocycles. The first kappa shape index (κ1) is 31.0. The van der Waals surface area contributed by atoms with Crippen LogP contribution in [0.25, 0.3) is 117 Å². The molecule has 5 nitrogen and oxygen atoms in total. The molecule has 6 heteroatoms. The number of para-hydroxylation sites is 3. The number of aryl methyl sites for hydroxylation is 1. The number of aromatic nitrogens is 4. The maximum absolute atomic E-state index is 10.5. The monoisotopic (exact) mass is 1270 g/mol. The van der Waals surface area contributed by atoms with Crippen LogP contribution in [0.2, 0.25) is 0 Å². The first-order chi connectivity index (χ1) is 51.0. The fourth-order valence-electron chi connectivity index (χ4n) is 10.1. The average Bonchev–Trinajstić information content (AvgIpc) is 1.72. The van der Waals surface area contributed by atoms with E-state index in [9.17, 15) is 12.3 Å². The van der Waals surface area contributed by atoms with Crippen molar-refractivity contribution < 1.29 is 66.0 Å². The van der Waals surface area contributed by atoms with Crippen LogP contribution in [-0.2, 0) is 26.5 Å². The Balaban J connectivity index is 0.0000105. The Labute approximate surface area is 535 Å². The quantitative estimate of drug-likeness (QED) is 0.0956. The van der Waals surface area contributed by atoms with Crippen LogP contribution in [0.4, 0.5) is 0 Å². The second kappa shape index (κ2) is 22.0. The molecule has 0 radical (unpaired) electrons. The maximum Gasteiger partial charge on any atom is 0.268 e. The number of nitrogens with zero attached hydrogens (tertiary/aromatic N) is 4. The van der Waals surface area contributed by atoms with Gasteiger partial charge in [0.05, 0.1) is 48.2 Å². The van der Waals surface area contributed by atoms with Gasteiger partial charge in [-0.25, -0.2) is 4.98 Å². The molecule has 0 fully saturated rings. The SMILES string of the molecule is [2H]c1c([2H])c([2H])c(-c2cc(-c3cccc(C(C)(C)C)c3)c(-[n+]3[c-]n(-c4[c-]c(Oc5[c-]c6c(cc5)c5ccccc5n6-c5cc(C([2H])([2H])[2H])c(-c6c([2H])c([2H])c([2H])c([2H])c6[2H])cn5)ccc4)c4ccccc43)c(-c3c([2H])c(-c4c([2H])c([2H])c([2H])c([2H])c4[2H])c([2H])c(-c4c([2H])c([2H])c([2H])c([2H])c4[2H])c3[2H])c2)c([2H])c1[2H].[Pt]. The number of benzene rings is 11. The van der Waals surface area contributed by atoms with E-state index in [1.54, 1.807) is 98.6 Å². The molecule has 14 aromatic rings. The molecule has 0 unspecified atom stereocenters. The van der Waals surface area contributed by atoms with Crippen LogP contribution in [0.5, 0.6) is 11.5 Å². The number of hydrogen-bond donors (Lipinski definition) is 0. The molecule has 0 atom stereocenters. The van der Waals surface area contributed by atoms with Crippen molar-refractivity contribution in [1.82, 2.24) is 14.1 Å². The number of pyridine rings is 1. The number of hydrogen-bond acceptors (Lipinski definition) is 2. The summed E-state index contributed by atoms with van der Waals surface area (Å²) in [6.45, 7) is 3.03. The van der Waals surface area contributed by atoms with Gasteiger partial charge in [-0.1, -0.05) is 214 Å². The number of fused-ring (bicyclic) bond motifs is 4. The summed E-state index contributed by atoms with van der Waals surface area (Å²) < 4.78 is 246. The zero-order valence-corrected chi connectivity index (χ0v) is 46.4. The standard InChI is InChI=1S/C77H56N4O.Pt/c1-52-41-75(78-50-70(52)56-29-15-8-16-30-56)81-71-36-18-17-35-66(71)67-40-39-65(49-74(67)81)82-64-34-22-33-63(48-64)79-51-80(73-38-20-19-37-72(73)79)76-68(57-31-21-32-62(45-57)77(2,3)4)46-60(55-27-13-7-14-28-55)47-69(76)61-43-58(53-23-9-5-10-24-53)42-59(44-61)54-25-11-6-12-26-54;/h5-47,50H,1-4H3;/q-2;/i1D3,5D,6D,7D,8D,9D,10D,11D,12D,13D,14D,15D,16D,23D,24D,25D,26D,27D,28D,29D,30D,42D,43D,44D;. The van der Waals surface area contributed by atoms with Crippen LogP contribution < -0.4 is 9.30 Å². The molecule has 3 heterocycles. The summed E-state index contributed by atoms with van der Waals surface area (Å²) in [7, 11) is 0. The van der Waals surface area contributed by atoms with Crippen LogP contribution in [0.3, 0.4) is 0 Å². The summed E-state index contributed by atoms with van der Waals surface area (Å²) in [6, 6.07) is 22.7. The molecule has 0 aliphatic heterocycles. The third-order valence-electron chi connectivity index (χ3n) is 13.9. The van der Waals surface area contributed by atoms with E-state index >= 15 is 0 Å². The minimum atomic E-state index is -2.89. The van der Waals surface area contributed by atoms with E-state index in [4.69, 9.17) is 28.0 Å². The van der Waals surface area contributed by atoms with Crippen molar-refractivity contribution in [2.24, 2.45) is 0 Å². The van der Waals surface area contributed by atoms with E-state index in [0.717, 1.165) is 5.56 Å². The van der Waals surface area contributed by atoms with Gasteiger partial charge in [-0.3, -0.25) is 4.57 Å². The van der Waals surface area contributed by atoms with E-state index in [1.807, 2.05) is 45.0 Å². The molecule has 0 bridgehead atoms. The van der Waals surface area contributed by atoms with Crippen LogP contribution >= 0.6 is 0 Å². The molecule has 0 spiro atoms. The van der Waals surface area contributed by atoms with E-state index in [0.29, 0.717) is 38.4 Å². The molecule has 3 aromatic heterocycles. The van der Waals surface area contributed by atoms with Crippen molar-refractivity contribution >= 4 is 32.8 Å². The summed E-state index contributed by atoms with van der Waals surface area (Å²) in [5.41, 5.74) is -2.13. The Morgan fingerprint density at radius 3 is 1.77 bits per heavy atom. The maximum atomic E-state index is 10.5. The van der Waals surface area contributed by atoms with Gasteiger partial charge in [-0.05, 0) is 138 Å². The van der Waals surface area contributed by atoms with Crippen molar-refractivity contribution in [1.29, 1.82) is 0 Å². The van der Waals surface area contributed by atoms with Gasteiger partial charge in [0.15, 0.2) is 0 Å². The smallest absolute Gasteiger partial charge is 0.268 e. The molecular formula is C77H56N4OPt-2. The second-order valence-corrected chi connectivity index (χ2v) is 20.0. The summed E-state index contributed by atoms with van der Waals surface area (Å²) in [6.07, 6.45) is 4.65. The molecule has 14 rings (SSSR count). The first-order valence-corrected chi connectivity index (χ1v) is 25.8. The van der Waals surface area contributed by atoms with Gasteiger partial charge in [0, 0.05) is 54.0 Å². The van der Waals surface area contributed by atoms with E-state index in [2.05, 4.69) is 23.4 Å². The Hall–Kier alpha value is -9.67. The molecule has 0 N–H and O–H groups in total. The van der Waals surface area contributed by atoms with Crippen molar-refractivity contribution in [2.45, 2.75) is 33.0 Å². The Morgan fingerprint density at radius 1 is 0.506 bits per heavy atom. The van der Waals surface area contributed by atoms with Gasteiger partial charge in [-0.15, -0.1) is 29.7 Å². The predicted molar refractivity (Wildman–Crippen MR) is 336 cm³/mol. The molecule has 11 aromatic carbocycles. The number of imidazole rings is 1. The molecule has 0 amide bonds. The molecular weight excluding hydrogens is 1190 g/mol. The van der Waals surface area contributed by atoms with Crippen LogP contribution in [-0.4, -0.2) is 14.1 Å². The van der Waals surface area contributed by atoms with Crippen molar-refractivity contribution in [3.63, 3.8) is 0 Å². The Morgan fingerprint density at radius 2 is 1.10 bits per heavy atom. The Kier molecular flexibility index (Phi) is 8.20. The number of rotatable bonds is 11. The second-order valence-electron chi connectivity index (χ2n) is 20.0. The third kappa shape index (κ3) is 10.1. The zero-order valence-electron chi connectivity index (χ0n) is 70.1. The van der Waals surface area contributed by atoms with Crippen LogP contribution in [0.15, 0.2) is 266 Å². The van der Waals surface area contributed by atoms with E-state index < -0.39 is 179 Å². The molecule has 0 aliphatic carbocycles. The average molecular weight is 1270 g/mol. The minimum Gasteiger partial charge on any atom is -0.510 e. The zero-order chi connectivity index (χ0) is 77.8.